The Morgan fingerprint density at radius 3 is 2.68 bits per heavy atom. The van der Waals surface area contributed by atoms with Gasteiger partial charge >= 0.3 is 6.03 Å². The van der Waals surface area contributed by atoms with Crippen molar-refractivity contribution >= 4 is 11.9 Å². The molecule has 0 aliphatic carbocycles. The minimum Gasteiger partial charge on any atom is -0.394 e. The lowest BCUT2D eigenvalue weighted by atomic mass is 10.1. The molecule has 5 N–H and O–H groups in total. The fraction of sp³-hybridized carbons (Fsp3) is 0.833. The molecule has 110 valence electrons. The Morgan fingerprint density at radius 2 is 2.05 bits per heavy atom. The van der Waals surface area contributed by atoms with Crippen LogP contribution >= 0.6 is 0 Å². The summed E-state index contributed by atoms with van der Waals surface area (Å²) in [6.07, 6.45) is 2.66. The van der Waals surface area contributed by atoms with Gasteiger partial charge in [0.25, 0.3) is 0 Å². The smallest absolute Gasteiger partial charge is 0.312 e. The van der Waals surface area contributed by atoms with Crippen LogP contribution < -0.4 is 11.1 Å². The highest BCUT2D eigenvalue weighted by Crippen LogP contribution is 2.19. The average Bonchev–Trinajstić information content (AvgIpc) is 2.74. The minimum atomic E-state index is -0.534. The number of β-amino-alcohol motifs (C(OH)–C–C–N with tert-alkyl or cyclic N) is 1. The molecule has 0 radical (unpaired) electrons. The van der Waals surface area contributed by atoms with Gasteiger partial charge in [-0.25, -0.2) is 4.79 Å². The number of nitrogens with two attached hydrogens (primary N) is 1. The fourth-order valence-electron chi connectivity index (χ4n) is 2.30. The Labute approximate surface area is 112 Å². The van der Waals surface area contributed by atoms with E-state index in [4.69, 9.17) is 10.8 Å². The average molecular weight is 273 g/mol. The maximum absolute atomic E-state index is 11.9. The van der Waals surface area contributed by atoms with E-state index in [-0.39, 0.29) is 18.6 Å². The highest BCUT2D eigenvalue weighted by atomic mass is 16.3. The second-order valence-corrected chi connectivity index (χ2v) is 4.87. The first-order chi connectivity index (χ1) is 9.04. The number of primary amides is 1. The Hall–Kier alpha value is -1.34. The van der Waals surface area contributed by atoms with Crippen LogP contribution in [-0.4, -0.2) is 58.9 Å². The van der Waals surface area contributed by atoms with E-state index in [1.54, 1.807) is 4.90 Å². The Balaban J connectivity index is 2.15. The van der Waals surface area contributed by atoms with Gasteiger partial charge < -0.3 is 26.2 Å². The monoisotopic (exact) mass is 273 g/mol. The standard InChI is InChI=1S/C12H23N3O4/c13-12(19)14-5-3-1-2-4-11(18)15-7-10(17)6-9(15)8-16/h9-10,16-17H,1-8H2,(H3,13,14,19)/t9-,10+/m1/s1. The molecule has 1 aliphatic heterocycles. The zero-order chi connectivity index (χ0) is 14.3. The van der Waals surface area contributed by atoms with Gasteiger partial charge in [0.1, 0.15) is 0 Å². The van der Waals surface area contributed by atoms with Crippen molar-refractivity contribution in [3.63, 3.8) is 0 Å². The normalized spacial score (nSPS) is 22.5. The lowest BCUT2D eigenvalue weighted by Crippen LogP contribution is -2.37. The van der Waals surface area contributed by atoms with Gasteiger partial charge in [-0.15, -0.1) is 0 Å². The second-order valence-electron chi connectivity index (χ2n) is 4.87. The van der Waals surface area contributed by atoms with Crippen LogP contribution in [0.5, 0.6) is 0 Å². The summed E-state index contributed by atoms with van der Waals surface area (Å²) in [5.74, 6) is -0.0292. The number of nitrogens with zero attached hydrogens (tertiary/aromatic N) is 1. The number of carbonyl (C=O) groups is 2. The van der Waals surface area contributed by atoms with Crippen molar-refractivity contribution in [2.45, 2.75) is 44.2 Å². The first-order valence-corrected chi connectivity index (χ1v) is 6.66. The third-order valence-corrected chi connectivity index (χ3v) is 3.29. The fourth-order valence-corrected chi connectivity index (χ4v) is 2.30. The molecule has 0 bridgehead atoms. The molecule has 7 heteroatoms. The predicted molar refractivity (Wildman–Crippen MR) is 69.3 cm³/mol. The number of hydrogen-bond acceptors (Lipinski definition) is 4. The van der Waals surface area contributed by atoms with E-state index in [2.05, 4.69) is 5.32 Å². The van der Waals surface area contributed by atoms with Crippen LogP contribution in [0, 0.1) is 0 Å². The summed E-state index contributed by atoms with van der Waals surface area (Å²) in [4.78, 5) is 23.9. The number of rotatable bonds is 7. The van der Waals surface area contributed by atoms with Gasteiger partial charge in [0.2, 0.25) is 5.91 Å². The van der Waals surface area contributed by atoms with Crippen LogP contribution in [0.3, 0.4) is 0 Å². The number of hydrogen-bond donors (Lipinski definition) is 4. The first kappa shape index (κ1) is 15.7. The first-order valence-electron chi connectivity index (χ1n) is 6.66. The van der Waals surface area contributed by atoms with E-state index >= 15 is 0 Å². The summed E-state index contributed by atoms with van der Waals surface area (Å²) in [5.41, 5.74) is 4.92. The van der Waals surface area contributed by atoms with Crippen LogP contribution in [0.25, 0.3) is 0 Å². The van der Waals surface area contributed by atoms with E-state index in [0.29, 0.717) is 25.9 Å². The molecule has 2 atom stereocenters. The SMILES string of the molecule is NC(=O)NCCCCCC(=O)N1C[C@@H](O)C[C@@H]1CO. The van der Waals surface area contributed by atoms with Crippen LogP contribution in [-0.2, 0) is 4.79 Å². The molecule has 3 amide bonds. The number of aliphatic hydroxyl groups excluding tert-OH is 2. The van der Waals surface area contributed by atoms with E-state index in [0.717, 1.165) is 19.3 Å². The molecule has 1 fully saturated rings. The molecule has 0 unspecified atom stereocenters. The highest BCUT2D eigenvalue weighted by Gasteiger charge is 2.33. The van der Waals surface area contributed by atoms with Crippen LogP contribution in [0.2, 0.25) is 0 Å². The van der Waals surface area contributed by atoms with Gasteiger partial charge in [0.05, 0.1) is 18.8 Å². The van der Waals surface area contributed by atoms with Crippen LogP contribution in [0.1, 0.15) is 32.1 Å². The molecule has 1 heterocycles. The van der Waals surface area contributed by atoms with Crippen molar-refractivity contribution in [1.29, 1.82) is 0 Å². The molecular weight excluding hydrogens is 250 g/mol. The summed E-state index contributed by atoms with van der Waals surface area (Å²) >= 11 is 0. The maximum atomic E-state index is 11.9. The largest absolute Gasteiger partial charge is 0.394 e. The van der Waals surface area contributed by atoms with Crippen molar-refractivity contribution in [3.05, 3.63) is 0 Å². The summed E-state index contributed by atoms with van der Waals surface area (Å²) < 4.78 is 0. The summed E-state index contributed by atoms with van der Waals surface area (Å²) in [6.45, 7) is 0.726. The van der Waals surface area contributed by atoms with Crippen LogP contribution in [0.15, 0.2) is 0 Å². The summed E-state index contributed by atoms with van der Waals surface area (Å²) in [5, 5.41) is 21.1. The molecule has 0 saturated carbocycles. The quantitative estimate of drug-likeness (QED) is 0.453. The van der Waals surface area contributed by atoms with Gasteiger partial charge in [0, 0.05) is 19.5 Å². The summed E-state index contributed by atoms with van der Waals surface area (Å²) in [7, 11) is 0. The molecular formula is C12H23N3O4. The predicted octanol–water partition coefficient (Wildman–Crippen LogP) is -0.831. The molecule has 19 heavy (non-hydrogen) atoms. The van der Waals surface area contributed by atoms with Crippen molar-refractivity contribution in [2.75, 3.05) is 19.7 Å². The van der Waals surface area contributed by atoms with Crippen molar-refractivity contribution in [1.82, 2.24) is 10.2 Å². The number of aliphatic hydroxyl groups is 2. The van der Waals surface area contributed by atoms with Gasteiger partial charge in [-0.1, -0.05) is 6.42 Å². The zero-order valence-electron chi connectivity index (χ0n) is 11.0. The van der Waals surface area contributed by atoms with E-state index in [1.807, 2.05) is 0 Å². The number of nitrogens with one attached hydrogen (secondary N) is 1. The van der Waals surface area contributed by atoms with Crippen molar-refractivity contribution < 1.29 is 19.8 Å². The molecule has 1 aliphatic rings. The van der Waals surface area contributed by atoms with E-state index in [9.17, 15) is 14.7 Å². The number of urea groups is 1. The number of amides is 3. The van der Waals surface area contributed by atoms with E-state index < -0.39 is 12.1 Å². The van der Waals surface area contributed by atoms with E-state index in [1.165, 1.54) is 0 Å². The second kappa shape index (κ2) is 7.96. The number of unbranched alkanes of at least 4 members (excludes halogenated alkanes) is 2. The molecule has 0 aromatic rings. The Bertz CT molecular complexity index is 311. The van der Waals surface area contributed by atoms with Gasteiger partial charge in [-0.3, -0.25) is 4.79 Å². The molecule has 1 saturated heterocycles. The number of likely N-dealkylation sites (tertiary alicyclic amines) is 1. The van der Waals surface area contributed by atoms with Crippen LogP contribution in [0.4, 0.5) is 4.79 Å². The minimum absolute atomic E-state index is 0.0292. The van der Waals surface area contributed by atoms with Gasteiger partial charge in [-0.05, 0) is 19.3 Å². The molecule has 0 spiro atoms. The van der Waals surface area contributed by atoms with Gasteiger partial charge in [-0.2, -0.15) is 0 Å². The third-order valence-electron chi connectivity index (χ3n) is 3.29. The maximum Gasteiger partial charge on any atom is 0.312 e. The topological polar surface area (TPSA) is 116 Å². The Kier molecular flexibility index (Phi) is 6.58. The molecule has 0 aromatic heterocycles. The summed E-state index contributed by atoms with van der Waals surface area (Å²) in [6, 6.07) is -0.785. The lowest BCUT2D eigenvalue weighted by molar-refractivity contribution is -0.133. The lowest BCUT2D eigenvalue weighted by Gasteiger charge is -2.22. The van der Waals surface area contributed by atoms with Crippen molar-refractivity contribution in [3.8, 4) is 0 Å². The van der Waals surface area contributed by atoms with Crippen molar-refractivity contribution in [2.24, 2.45) is 5.73 Å². The van der Waals surface area contributed by atoms with Gasteiger partial charge in [0.15, 0.2) is 0 Å². The molecule has 7 nitrogen and oxygen atoms in total. The zero-order valence-corrected chi connectivity index (χ0v) is 11.0. The highest BCUT2D eigenvalue weighted by molar-refractivity contribution is 5.77. The Morgan fingerprint density at radius 1 is 1.32 bits per heavy atom. The number of carbonyl (C=O) groups excluding carboxylic acids is 2. The third kappa shape index (κ3) is 5.44. The molecule has 0 aromatic carbocycles. The molecule has 1 rings (SSSR count).